The molecule has 2 unspecified atom stereocenters. The number of para-hydroxylation sites is 1. The van der Waals surface area contributed by atoms with Crippen LogP contribution < -0.4 is 5.32 Å². The summed E-state index contributed by atoms with van der Waals surface area (Å²) in [6.07, 6.45) is 3.40. The second-order valence-corrected chi connectivity index (χ2v) is 12.7. The van der Waals surface area contributed by atoms with Crippen molar-refractivity contribution in [2.45, 2.75) is 45.7 Å². The van der Waals surface area contributed by atoms with Gasteiger partial charge < -0.3 is 19.9 Å². The molecule has 1 aliphatic heterocycles. The molecule has 4 aromatic carbocycles. The summed E-state index contributed by atoms with van der Waals surface area (Å²) in [5.74, 6) is -0.590. The summed E-state index contributed by atoms with van der Waals surface area (Å²) in [5.41, 5.74) is 7.21. The van der Waals surface area contributed by atoms with Crippen LogP contribution in [0.1, 0.15) is 46.3 Å². The molecular weight excluding hydrogens is 611 g/mol. The zero-order valence-electron chi connectivity index (χ0n) is 26.0. The maximum Gasteiger partial charge on any atom is 0.290 e. The van der Waals surface area contributed by atoms with Crippen molar-refractivity contribution < 1.29 is 24.2 Å². The molecule has 2 atom stereocenters. The third-order valence-corrected chi connectivity index (χ3v) is 9.40. The number of rotatable bonds is 8. The average molecular weight is 644 g/mol. The van der Waals surface area contributed by atoms with Crippen LogP contribution in [0.3, 0.4) is 0 Å². The van der Waals surface area contributed by atoms with Gasteiger partial charge in [-0.15, -0.1) is 11.3 Å². The Morgan fingerprint density at radius 3 is 2.55 bits per heavy atom. The molecule has 47 heavy (non-hydrogen) atoms. The van der Waals surface area contributed by atoms with E-state index in [9.17, 15) is 14.7 Å². The third-order valence-electron chi connectivity index (χ3n) is 8.34. The van der Waals surface area contributed by atoms with Crippen LogP contribution in [0.4, 0.5) is 5.69 Å². The number of anilines is 1. The molecule has 2 aromatic heterocycles. The lowest BCUT2D eigenvalue weighted by Crippen LogP contribution is -2.29. The first-order valence-corrected chi connectivity index (χ1v) is 16.2. The van der Waals surface area contributed by atoms with Gasteiger partial charge in [-0.05, 0) is 77.7 Å². The minimum Gasteiger partial charge on any atom is -0.459 e. The first-order chi connectivity index (χ1) is 22.8. The highest BCUT2D eigenvalue weighted by molar-refractivity contribution is 7.21. The molecule has 2 N–H and O–H groups in total. The van der Waals surface area contributed by atoms with Crippen LogP contribution in [0.25, 0.3) is 31.7 Å². The van der Waals surface area contributed by atoms with E-state index in [1.165, 1.54) is 12.5 Å². The van der Waals surface area contributed by atoms with E-state index in [1.807, 2.05) is 91.1 Å². The number of nitrogens with one attached hydrogen (secondary N) is 1. The van der Waals surface area contributed by atoms with Gasteiger partial charge in [-0.25, -0.2) is 4.98 Å². The Hall–Kier alpha value is -5.09. The number of nitrogens with zero attached hydrogens (tertiary/aromatic N) is 2. The van der Waals surface area contributed by atoms with Crippen LogP contribution in [0, 0.1) is 6.92 Å². The smallest absolute Gasteiger partial charge is 0.290 e. The zero-order valence-corrected chi connectivity index (χ0v) is 26.8. The Morgan fingerprint density at radius 1 is 1.02 bits per heavy atom. The average Bonchev–Trinajstić information content (AvgIpc) is 3.70. The number of hydrogen-bond acceptors (Lipinski definition) is 7. The van der Waals surface area contributed by atoms with Gasteiger partial charge in [-0.3, -0.25) is 14.2 Å². The van der Waals surface area contributed by atoms with Crippen LogP contribution >= 0.6 is 11.3 Å². The van der Waals surface area contributed by atoms with E-state index >= 15 is 0 Å². The van der Waals surface area contributed by atoms with Crippen molar-refractivity contribution in [2.75, 3.05) is 5.32 Å². The molecule has 1 amide bonds. The highest BCUT2D eigenvalue weighted by Crippen LogP contribution is 2.37. The fourth-order valence-corrected chi connectivity index (χ4v) is 6.94. The molecule has 0 aliphatic carbocycles. The van der Waals surface area contributed by atoms with Crippen molar-refractivity contribution in [1.82, 2.24) is 9.55 Å². The molecule has 0 bridgehead atoms. The molecule has 7 rings (SSSR count). The number of carbonyl (C=O) groups is 2. The monoisotopic (exact) mass is 643 g/mol. The third kappa shape index (κ3) is 6.46. The second-order valence-electron chi connectivity index (χ2n) is 11.7. The van der Waals surface area contributed by atoms with Crippen molar-refractivity contribution >= 4 is 50.0 Å². The summed E-state index contributed by atoms with van der Waals surface area (Å²) in [5, 5.41) is 14.2. The van der Waals surface area contributed by atoms with E-state index < -0.39 is 12.2 Å². The lowest BCUT2D eigenvalue weighted by Gasteiger charge is -2.29. The molecule has 6 aromatic rings. The molecule has 0 radical (unpaired) electrons. The molecule has 0 saturated heterocycles. The second kappa shape index (κ2) is 13.0. The fourth-order valence-electron chi connectivity index (χ4n) is 5.87. The predicted octanol–water partition coefficient (Wildman–Crippen LogP) is 7.95. The molecule has 0 saturated carbocycles. The number of ether oxygens (including phenoxy) is 2. The van der Waals surface area contributed by atoms with Gasteiger partial charge in [-0.2, -0.15) is 0 Å². The van der Waals surface area contributed by atoms with Crippen LogP contribution in [-0.4, -0.2) is 32.8 Å². The Balaban J connectivity index is 1.14. The van der Waals surface area contributed by atoms with E-state index in [4.69, 9.17) is 14.5 Å². The summed E-state index contributed by atoms with van der Waals surface area (Å²) in [6, 6.07) is 29.1. The van der Waals surface area contributed by atoms with E-state index in [1.54, 1.807) is 15.9 Å². The summed E-state index contributed by atoms with van der Waals surface area (Å²) < 4.78 is 15.1. The SMILES string of the molecule is CC(=O)n1cc(C2C=C(C(=O)Nc3ccc(-c4nc5ccc(C)cc5s4)cc3)OC(OCc3ccc(CO)cc3)C2)c2ccccc21. The Kier molecular flexibility index (Phi) is 8.43. The number of fused-ring (bicyclic) bond motifs is 2. The van der Waals surface area contributed by atoms with Gasteiger partial charge in [0.25, 0.3) is 5.91 Å². The standard InChI is InChI=1S/C38H33N3O5S/c1-23-7-16-32-35(17-23)47-38(40-32)27-12-14-29(15-13-27)39-37(44)34-18-28(31-20-41(24(2)43)33-6-4-3-5-30(31)33)19-36(46-34)45-22-26-10-8-25(21-42)9-11-26/h3-18,20,28,36,42H,19,21-22H2,1-2H3,(H,39,44). The zero-order chi connectivity index (χ0) is 32.5. The van der Waals surface area contributed by atoms with Crippen molar-refractivity contribution in [1.29, 1.82) is 0 Å². The lowest BCUT2D eigenvalue weighted by atomic mass is 9.92. The number of aryl methyl sites for hydroxylation is 1. The maximum atomic E-state index is 13.7. The van der Waals surface area contributed by atoms with Crippen LogP contribution in [-0.2, 0) is 27.5 Å². The molecular formula is C38H33N3O5S. The molecule has 9 heteroatoms. The number of thiazole rings is 1. The Labute approximate surface area is 275 Å². The van der Waals surface area contributed by atoms with Crippen LogP contribution in [0.5, 0.6) is 0 Å². The lowest BCUT2D eigenvalue weighted by molar-refractivity contribution is -0.147. The molecule has 1 aliphatic rings. The quantitative estimate of drug-likeness (QED) is 0.175. The Morgan fingerprint density at radius 2 is 1.79 bits per heavy atom. The first kappa shape index (κ1) is 30.6. The number of amides is 1. The molecule has 236 valence electrons. The van der Waals surface area contributed by atoms with Gasteiger partial charge >= 0.3 is 0 Å². The van der Waals surface area contributed by atoms with Crippen molar-refractivity contribution in [2.24, 2.45) is 0 Å². The predicted molar refractivity (Wildman–Crippen MR) is 184 cm³/mol. The molecule has 0 fully saturated rings. The van der Waals surface area contributed by atoms with Crippen LogP contribution in [0.2, 0.25) is 0 Å². The largest absolute Gasteiger partial charge is 0.459 e. The summed E-state index contributed by atoms with van der Waals surface area (Å²) in [6.45, 7) is 3.84. The molecule has 0 spiro atoms. The highest BCUT2D eigenvalue weighted by atomic mass is 32.1. The number of benzene rings is 4. The van der Waals surface area contributed by atoms with Gasteiger partial charge in [0.05, 0.1) is 28.9 Å². The number of hydrogen-bond donors (Lipinski definition) is 2. The van der Waals surface area contributed by atoms with Crippen molar-refractivity contribution in [3.8, 4) is 10.6 Å². The summed E-state index contributed by atoms with van der Waals surface area (Å²) in [4.78, 5) is 30.9. The van der Waals surface area contributed by atoms with Crippen molar-refractivity contribution in [3.63, 3.8) is 0 Å². The maximum absolute atomic E-state index is 13.7. The fraction of sp³-hybridized carbons (Fsp3) is 0.184. The number of aliphatic hydroxyl groups excluding tert-OH is 1. The van der Waals surface area contributed by atoms with E-state index in [-0.39, 0.29) is 30.8 Å². The number of allylic oxidation sites excluding steroid dienone is 1. The Bertz CT molecular complexity index is 2130. The number of aromatic nitrogens is 2. The first-order valence-electron chi connectivity index (χ1n) is 15.4. The molecule has 8 nitrogen and oxygen atoms in total. The normalized spacial score (nSPS) is 16.2. The van der Waals surface area contributed by atoms with Crippen LogP contribution in [0.15, 0.2) is 109 Å². The van der Waals surface area contributed by atoms with Gasteiger partial charge in [0.2, 0.25) is 12.2 Å². The minimum atomic E-state index is -0.715. The highest BCUT2D eigenvalue weighted by Gasteiger charge is 2.31. The van der Waals surface area contributed by atoms with Gasteiger partial charge in [0.15, 0.2) is 5.76 Å². The van der Waals surface area contributed by atoms with E-state index in [2.05, 4.69) is 24.4 Å². The van der Waals surface area contributed by atoms with E-state index in [0.717, 1.165) is 48.4 Å². The molecule has 3 heterocycles. The van der Waals surface area contributed by atoms with Gasteiger partial charge in [0, 0.05) is 42.1 Å². The van der Waals surface area contributed by atoms with E-state index in [0.29, 0.717) is 12.1 Å². The summed E-state index contributed by atoms with van der Waals surface area (Å²) in [7, 11) is 0. The van der Waals surface area contributed by atoms with Crippen molar-refractivity contribution in [3.05, 3.63) is 131 Å². The number of aliphatic hydroxyl groups is 1. The summed E-state index contributed by atoms with van der Waals surface area (Å²) >= 11 is 1.64. The van der Waals surface area contributed by atoms with Gasteiger partial charge in [-0.1, -0.05) is 48.5 Å². The topological polar surface area (TPSA) is 103 Å². The number of carbonyl (C=O) groups excluding carboxylic acids is 2. The van der Waals surface area contributed by atoms with Gasteiger partial charge in [0.1, 0.15) is 5.01 Å². The minimum absolute atomic E-state index is 0.0316.